The van der Waals surface area contributed by atoms with Crippen LogP contribution in [0, 0.1) is 0 Å². The quantitative estimate of drug-likeness (QED) is 0.370. The van der Waals surface area contributed by atoms with E-state index in [9.17, 15) is 9.36 Å². The molecule has 8 heteroatoms. The lowest BCUT2D eigenvalue weighted by molar-refractivity contribution is -0.139. The number of ether oxygens (including phenoxy) is 3. The van der Waals surface area contributed by atoms with E-state index < -0.39 is 19.5 Å². The van der Waals surface area contributed by atoms with E-state index in [1.165, 1.54) is 0 Å². The Morgan fingerprint density at radius 1 is 1.10 bits per heavy atom. The van der Waals surface area contributed by atoms with Gasteiger partial charge in [-0.1, -0.05) is 12.1 Å². The third-order valence-corrected chi connectivity index (χ3v) is 6.38. The molecule has 0 radical (unpaired) electrons. The van der Waals surface area contributed by atoms with Crippen LogP contribution < -0.4 is 4.74 Å². The first-order chi connectivity index (χ1) is 14.1. The molecule has 0 bridgehead atoms. The number of methoxy groups -OCH3 is 1. The summed E-state index contributed by atoms with van der Waals surface area (Å²) in [6, 6.07) is 7.27. The molecule has 0 amide bonds. The smallest absolute Gasteiger partial charge is 0.396 e. The molecule has 0 saturated carbocycles. The molecule has 0 N–H and O–H groups in total. The number of esters is 1. The normalized spacial score (nSPS) is 17.1. The summed E-state index contributed by atoms with van der Waals surface area (Å²) in [4.78, 5) is 12.7. The predicted octanol–water partition coefficient (Wildman–Crippen LogP) is 5.53. The second kappa shape index (κ2) is 10.3. The lowest BCUT2D eigenvalue weighted by Gasteiger charge is -2.30. The van der Waals surface area contributed by atoms with Crippen LogP contribution in [-0.4, -0.2) is 31.9 Å². The van der Waals surface area contributed by atoms with Gasteiger partial charge in [-0.05, 0) is 65.3 Å². The zero-order chi connectivity index (χ0) is 22.5. The van der Waals surface area contributed by atoms with Crippen molar-refractivity contribution >= 4 is 13.6 Å². The molecule has 1 heterocycles. The molecular formula is C22H31O7P. The molecule has 1 aromatic carbocycles. The monoisotopic (exact) mass is 438 g/mol. The summed E-state index contributed by atoms with van der Waals surface area (Å²) < 4.78 is 41.3. The average Bonchev–Trinajstić information content (AvgIpc) is 2.66. The molecule has 7 nitrogen and oxygen atoms in total. The Labute approximate surface area is 178 Å². The molecule has 1 aromatic rings. The van der Waals surface area contributed by atoms with Crippen molar-refractivity contribution in [1.29, 1.82) is 0 Å². The van der Waals surface area contributed by atoms with E-state index in [2.05, 4.69) is 0 Å². The number of benzene rings is 1. The van der Waals surface area contributed by atoms with Gasteiger partial charge in [0.25, 0.3) is 0 Å². The van der Waals surface area contributed by atoms with Crippen LogP contribution >= 0.6 is 7.60 Å². The van der Waals surface area contributed by atoms with Crippen molar-refractivity contribution in [2.24, 2.45) is 0 Å². The van der Waals surface area contributed by atoms with E-state index in [4.69, 9.17) is 23.3 Å². The highest BCUT2D eigenvalue weighted by Gasteiger charge is 2.41. The van der Waals surface area contributed by atoms with Crippen LogP contribution in [0.4, 0.5) is 0 Å². The standard InChI is InChI=1S/C22H31O7P/c1-8-26-22(23)21-16(6)27-20(30(24,28-14(2)3)29-15(4)5)13-19(21)17-9-11-18(25-7)12-10-17/h9-15,19H,8H2,1-7H3. The summed E-state index contributed by atoms with van der Waals surface area (Å²) in [5.74, 6) is -0.0499. The molecule has 0 saturated heterocycles. The molecule has 0 aliphatic carbocycles. The maximum atomic E-state index is 13.6. The van der Waals surface area contributed by atoms with Crippen LogP contribution in [0.15, 0.2) is 47.2 Å². The van der Waals surface area contributed by atoms with Crippen LogP contribution in [-0.2, 0) is 27.9 Å². The van der Waals surface area contributed by atoms with E-state index in [-0.39, 0.29) is 24.3 Å². The van der Waals surface area contributed by atoms with Gasteiger partial charge >= 0.3 is 13.6 Å². The highest BCUT2D eigenvalue weighted by Crippen LogP contribution is 2.61. The molecule has 1 aliphatic rings. The molecular weight excluding hydrogens is 407 g/mol. The zero-order valence-electron chi connectivity index (χ0n) is 18.6. The highest BCUT2D eigenvalue weighted by molar-refractivity contribution is 7.58. The summed E-state index contributed by atoms with van der Waals surface area (Å²) in [5.41, 5.74) is 1.20. The summed E-state index contributed by atoms with van der Waals surface area (Å²) >= 11 is 0. The molecule has 30 heavy (non-hydrogen) atoms. The van der Waals surface area contributed by atoms with Gasteiger partial charge in [-0.25, -0.2) is 4.79 Å². The fourth-order valence-corrected chi connectivity index (χ4v) is 5.02. The fraction of sp³-hybridized carbons (Fsp3) is 0.500. The lowest BCUT2D eigenvalue weighted by atomic mass is 9.89. The van der Waals surface area contributed by atoms with Crippen molar-refractivity contribution in [2.45, 2.75) is 59.7 Å². The summed E-state index contributed by atoms with van der Waals surface area (Å²) in [6.07, 6.45) is 0.913. The SMILES string of the molecule is CCOC(=O)C1=C(C)OC(P(=O)(OC(C)C)OC(C)C)=CC1c1ccc(OC)cc1. The van der Waals surface area contributed by atoms with Crippen molar-refractivity contribution in [3.63, 3.8) is 0 Å². The number of hydrogen-bond acceptors (Lipinski definition) is 7. The van der Waals surface area contributed by atoms with Gasteiger partial charge in [0.15, 0.2) is 0 Å². The topological polar surface area (TPSA) is 80.3 Å². The number of carbonyl (C=O) groups is 1. The number of hydrogen-bond donors (Lipinski definition) is 0. The van der Waals surface area contributed by atoms with Gasteiger partial charge in [0, 0.05) is 5.92 Å². The van der Waals surface area contributed by atoms with E-state index >= 15 is 0 Å². The maximum Gasteiger partial charge on any atom is 0.396 e. The van der Waals surface area contributed by atoms with Gasteiger partial charge in [0.1, 0.15) is 11.5 Å². The Hall–Kier alpha value is -2.08. The minimum Gasteiger partial charge on any atom is -0.497 e. The van der Waals surface area contributed by atoms with E-state index in [1.54, 1.807) is 66.9 Å². The number of carbonyl (C=O) groups excluding carboxylic acids is 1. The van der Waals surface area contributed by atoms with Crippen molar-refractivity contribution in [2.75, 3.05) is 13.7 Å². The minimum atomic E-state index is -3.76. The largest absolute Gasteiger partial charge is 0.497 e. The van der Waals surface area contributed by atoms with Crippen LogP contribution in [0.25, 0.3) is 0 Å². The van der Waals surface area contributed by atoms with E-state index in [0.29, 0.717) is 17.1 Å². The zero-order valence-corrected chi connectivity index (χ0v) is 19.5. The van der Waals surface area contributed by atoms with Gasteiger partial charge in [0.05, 0.1) is 31.5 Å². The van der Waals surface area contributed by atoms with Crippen LogP contribution in [0.3, 0.4) is 0 Å². The lowest BCUT2D eigenvalue weighted by Crippen LogP contribution is -2.21. The third kappa shape index (κ3) is 5.75. The maximum absolute atomic E-state index is 13.6. The summed E-state index contributed by atoms with van der Waals surface area (Å²) in [5, 5.41) is 0. The Bertz CT molecular complexity index is 839. The molecule has 1 atom stereocenters. The highest BCUT2D eigenvalue weighted by atomic mass is 31.2. The van der Waals surface area contributed by atoms with Crippen molar-refractivity contribution in [1.82, 2.24) is 0 Å². The second-order valence-electron chi connectivity index (χ2n) is 7.35. The average molecular weight is 438 g/mol. The van der Waals surface area contributed by atoms with Gasteiger partial charge < -0.3 is 23.3 Å². The van der Waals surface area contributed by atoms with Crippen molar-refractivity contribution in [3.8, 4) is 5.75 Å². The molecule has 1 unspecified atom stereocenters. The summed E-state index contributed by atoms with van der Waals surface area (Å²) in [7, 11) is -2.18. The number of allylic oxidation sites excluding steroid dienone is 2. The van der Waals surface area contributed by atoms with Crippen molar-refractivity contribution in [3.05, 3.63) is 52.7 Å². The Kier molecular flexibility index (Phi) is 8.30. The van der Waals surface area contributed by atoms with Gasteiger partial charge in [0.2, 0.25) is 5.50 Å². The first kappa shape index (κ1) is 24.2. The molecule has 1 aliphatic heterocycles. The Morgan fingerprint density at radius 3 is 2.13 bits per heavy atom. The molecule has 0 aromatic heterocycles. The van der Waals surface area contributed by atoms with Gasteiger partial charge in [-0.3, -0.25) is 4.57 Å². The van der Waals surface area contributed by atoms with Crippen LogP contribution in [0.1, 0.15) is 53.0 Å². The van der Waals surface area contributed by atoms with E-state index in [1.807, 2.05) is 12.1 Å². The minimum absolute atomic E-state index is 0.0660. The number of rotatable bonds is 9. The van der Waals surface area contributed by atoms with Crippen molar-refractivity contribution < 1.29 is 32.6 Å². The van der Waals surface area contributed by atoms with Gasteiger partial charge in [-0.15, -0.1) is 0 Å². The second-order valence-corrected chi connectivity index (χ2v) is 9.21. The van der Waals surface area contributed by atoms with Gasteiger partial charge in [-0.2, -0.15) is 0 Å². The fourth-order valence-electron chi connectivity index (χ4n) is 3.08. The Morgan fingerprint density at radius 2 is 1.67 bits per heavy atom. The molecule has 166 valence electrons. The molecule has 2 rings (SSSR count). The Balaban J connectivity index is 2.58. The molecule has 0 fully saturated rings. The summed E-state index contributed by atoms with van der Waals surface area (Å²) in [6.45, 7) is 10.7. The van der Waals surface area contributed by atoms with Crippen LogP contribution in [0.2, 0.25) is 0 Å². The third-order valence-electron chi connectivity index (χ3n) is 4.20. The first-order valence-electron chi connectivity index (χ1n) is 10.00. The van der Waals surface area contributed by atoms with Crippen LogP contribution in [0.5, 0.6) is 5.75 Å². The molecule has 0 spiro atoms. The van der Waals surface area contributed by atoms with E-state index in [0.717, 1.165) is 5.56 Å². The predicted molar refractivity (Wildman–Crippen MR) is 114 cm³/mol. The first-order valence-corrected chi connectivity index (χ1v) is 11.5.